The summed E-state index contributed by atoms with van der Waals surface area (Å²) in [5.41, 5.74) is -0.487. The van der Waals surface area contributed by atoms with Crippen molar-refractivity contribution in [3.8, 4) is 17.3 Å². The van der Waals surface area contributed by atoms with E-state index in [1.165, 1.54) is 0 Å². The zero-order valence-electron chi connectivity index (χ0n) is 16.8. The van der Waals surface area contributed by atoms with E-state index < -0.39 is 17.3 Å². The zero-order valence-corrected chi connectivity index (χ0v) is 16.8. The molecule has 0 radical (unpaired) electrons. The maximum atomic E-state index is 13.0. The van der Waals surface area contributed by atoms with E-state index >= 15 is 0 Å². The molecule has 0 aliphatic carbocycles. The minimum atomic E-state index is -4.53. The molecule has 162 valence electrons. The van der Waals surface area contributed by atoms with Crippen LogP contribution in [0.4, 0.5) is 13.2 Å². The molecule has 1 aliphatic heterocycles. The van der Waals surface area contributed by atoms with Crippen molar-refractivity contribution in [3.05, 3.63) is 51.9 Å². The van der Waals surface area contributed by atoms with Crippen LogP contribution in [0.15, 0.2) is 35.3 Å². The monoisotopic (exact) mass is 432 g/mol. The van der Waals surface area contributed by atoms with Crippen LogP contribution in [0.1, 0.15) is 24.5 Å². The van der Waals surface area contributed by atoms with Gasteiger partial charge in [-0.15, -0.1) is 0 Å². The summed E-state index contributed by atoms with van der Waals surface area (Å²) in [6, 6.07) is 4.95. The van der Waals surface area contributed by atoms with Crippen molar-refractivity contribution >= 4 is 16.8 Å². The molecular weight excluding hydrogens is 413 g/mol. The average molecular weight is 432 g/mol. The largest absolute Gasteiger partial charge is 0.487 e. The molecule has 0 saturated carbocycles. The van der Waals surface area contributed by atoms with Gasteiger partial charge in [0.15, 0.2) is 5.82 Å². The Morgan fingerprint density at radius 2 is 2.03 bits per heavy atom. The molecule has 0 spiro atoms. The average Bonchev–Trinajstić information content (AvgIpc) is 2.70. The highest BCUT2D eigenvalue weighted by Crippen LogP contribution is 2.31. The normalized spacial score (nSPS) is 14.5. The van der Waals surface area contributed by atoms with Crippen LogP contribution in [0, 0.1) is 6.92 Å². The number of pyridine rings is 1. The summed E-state index contributed by atoms with van der Waals surface area (Å²) in [6.07, 6.45) is -3.23. The van der Waals surface area contributed by atoms with Crippen molar-refractivity contribution in [1.29, 1.82) is 0 Å². The predicted octanol–water partition coefficient (Wildman–Crippen LogP) is 3.31. The van der Waals surface area contributed by atoms with Crippen LogP contribution < -0.4 is 10.3 Å². The van der Waals surface area contributed by atoms with E-state index in [2.05, 4.69) is 15.0 Å². The first-order chi connectivity index (χ1) is 14.7. The lowest BCUT2D eigenvalue weighted by Crippen LogP contribution is -2.56. The summed E-state index contributed by atoms with van der Waals surface area (Å²) in [5.74, 6) is 0.481. The number of rotatable bonds is 4. The predicted molar refractivity (Wildman–Crippen MR) is 107 cm³/mol. The number of hydrogen-bond donors (Lipinski definition) is 1. The Morgan fingerprint density at radius 1 is 1.29 bits per heavy atom. The fourth-order valence-electron chi connectivity index (χ4n) is 3.44. The molecule has 4 rings (SSSR count). The maximum Gasteiger partial charge on any atom is 0.416 e. The van der Waals surface area contributed by atoms with Crippen molar-refractivity contribution in [2.75, 3.05) is 13.1 Å². The molecule has 0 atom stereocenters. The lowest BCUT2D eigenvalue weighted by Gasteiger charge is -2.38. The van der Waals surface area contributed by atoms with Crippen LogP contribution in [0.5, 0.6) is 5.75 Å². The Labute approximate surface area is 174 Å². The van der Waals surface area contributed by atoms with E-state index in [-0.39, 0.29) is 28.9 Å². The van der Waals surface area contributed by atoms with Crippen molar-refractivity contribution < 1.29 is 22.7 Å². The highest BCUT2D eigenvalue weighted by Gasteiger charge is 2.32. The quantitative estimate of drug-likeness (QED) is 0.684. The summed E-state index contributed by atoms with van der Waals surface area (Å²) < 4.78 is 44.9. The molecule has 7 nitrogen and oxygen atoms in total. The molecule has 1 saturated heterocycles. The van der Waals surface area contributed by atoms with Gasteiger partial charge >= 0.3 is 6.18 Å². The molecule has 1 amide bonds. The van der Waals surface area contributed by atoms with Gasteiger partial charge in [0.05, 0.1) is 29.6 Å². The van der Waals surface area contributed by atoms with Gasteiger partial charge in [-0.3, -0.25) is 14.6 Å². The second kappa shape index (κ2) is 7.68. The third-order valence-electron chi connectivity index (χ3n) is 5.11. The number of benzene rings is 1. The molecule has 0 bridgehead atoms. The van der Waals surface area contributed by atoms with Gasteiger partial charge < -0.3 is 14.6 Å². The summed E-state index contributed by atoms with van der Waals surface area (Å²) in [4.78, 5) is 36.7. The first-order valence-corrected chi connectivity index (χ1v) is 9.68. The van der Waals surface area contributed by atoms with E-state index in [0.29, 0.717) is 36.3 Å². The number of nitrogens with zero attached hydrogens (tertiary/aromatic N) is 3. The van der Waals surface area contributed by atoms with Gasteiger partial charge in [-0.2, -0.15) is 13.2 Å². The third kappa shape index (κ3) is 4.10. The lowest BCUT2D eigenvalue weighted by atomic mass is 10.1. The number of amides is 1. The number of nitrogens with one attached hydrogen (secondary N) is 1. The van der Waals surface area contributed by atoms with Crippen molar-refractivity contribution in [1.82, 2.24) is 19.9 Å². The fraction of sp³-hybridized carbons (Fsp3) is 0.333. The van der Waals surface area contributed by atoms with Crippen LogP contribution in [-0.2, 0) is 11.0 Å². The number of aromatic nitrogens is 3. The smallest absolute Gasteiger partial charge is 0.416 e. The van der Waals surface area contributed by atoms with E-state index in [9.17, 15) is 22.8 Å². The molecule has 2 aromatic heterocycles. The number of carbonyl (C=O) groups excluding carboxylic acids is 1. The van der Waals surface area contributed by atoms with Crippen molar-refractivity contribution in [2.24, 2.45) is 0 Å². The number of carbonyl (C=O) groups is 1. The fourth-order valence-corrected chi connectivity index (χ4v) is 3.44. The second-order valence-electron chi connectivity index (χ2n) is 7.37. The van der Waals surface area contributed by atoms with Crippen LogP contribution in [-0.4, -0.2) is 45.0 Å². The Hall–Kier alpha value is -3.43. The van der Waals surface area contributed by atoms with Crippen LogP contribution >= 0.6 is 0 Å². The first kappa shape index (κ1) is 20.8. The summed E-state index contributed by atoms with van der Waals surface area (Å²) in [7, 11) is 0. The Bertz CT molecular complexity index is 1220. The van der Waals surface area contributed by atoms with Gasteiger partial charge in [0.1, 0.15) is 17.5 Å². The maximum absolute atomic E-state index is 13.0. The highest BCUT2D eigenvalue weighted by atomic mass is 19.4. The molecular formula is C21H19F3N4O3. The van der Waals surface area contributed by atoms with Gasteiger partial charge in [-0.25, -0.2) is 4.98 Å². The molecule has 10 heteroatoms. The number of halogens is 3. The second-order valence-corrected chi connectivity index (χ2v) is 7.37. The molecule has 1 aromatic carbocycles. The first-order valence-electron chi connectivity index (χ1n) is 9.68. The highest BCUT2D eigenvalue weighted by molar-refractivity contribution is 5.84. The number of aryl methyl sites for hydroxylation is 1. The molecule has 1 aliphatic rings. The number of likely N-dealkylation sites (tertiary alicyclic amines) is 1. The Balaban J connectivity index is 1.64. The van der Waals surface area contributed by atoms with Crippen molar-refractivity contribution in [2.45, 2.75) is 32.5 Å². The number of fused-ring (bicyclic) bond motifs is 1. The summed E-state index contributed by atoms with van der Waals surface area (Å²) >= 11 is 0. The molecule has 0 unspecified atom stereocenters. The third-order valence-corrected chi connectivity index (χ3v) is 5.11. The number of aromatic amines is 1. The molecule has 3 heterocycles. The van der Waals surface area contributed by atoms with Gasteiger partial charge in [-0.05, 0) is 36.8 Å². The van der Waals surface area contributed by atoms with Crippen molar-refractivity contribution in [3.63, 3.8) is 0 Å². The number of alkyl halides is 3. The van der Waals surface area contributed by atoms with E-state index in [0.717, 1.165) is 18.3 Å². The number of ether oxygens (including phenoxy) is 1. The van der Waals surface area contributed by atoms with Gasteiger partial charge in [0.2, 0.25) is 5.91 Å². The summed E-state index contributed by atoms with van der Waals surface area (Å²) in [5, 5.41) is 0.256. The van der Waals surface area contributed by atoms with Crippen LogP contribution in [0.3, 0.4) is 0 Å². The van der Waals surface area contributed by atoms with Crippen LogP contribution in [0.2, 0.25) is 0 Å². The van der Waals surface area contributed by atoms with Gasteiger partial charge in [-0.1, -0.05) is 6.92 Å². The molecule has 3 aromatic rings. The van der Waals surface area contributed by atoms with Gasteiger partial charge in [0.25, 0.3) is 5.56 Å². The molecule has 1 N–H and O–H groups in total. The van der Waals surface area contributed by atoms with E-state index in [4.69, 9.17) is 4.74 Å². The zero-order chi connectivity index (χ0) is 22.3. The number of H-pyrrole nitrogens is 1. The van der Waals surface area contributed by atoms with Gasteiger partial charge in [0, 0.05) is 12.6 Å². The molecule has 1 fully saturated rings. The lowest BCUT2D eigenvalue weighted by molar-refractivity contribution is -0.139. The standard InChI is InChI=1S/C21H19F3N4O3/c1-3-17(29)28-9-14(10-28)31-13-6-11(2)18-15(8-13)20(30)27-19(26-18)16-7-12(4-5-25-16)21(22,23)24/h4-8,14H,3,9-10H2,1-2H3,(H,26,27,30). The summed E-state index contributed by atoms with van der Waals surface area (Å²) in [6.45, 7) is 4.50. The molecule has 31 heavy (non-hydrogen) atoms. The minimum absolute atomic E-state index is 0.0481. The topological polar surface area (TPSA) is 88.2 Å². The minimum Gasteiger partial charge on any atom is -0.487 e. The Morgan fingerprint density at radius 3 is 2.71 bits per heavy atom. The SMILES string of the molecule is CCC(=O)N1CC(Oc2cc(C)c3nc(-c4cc(C(F)(F)F)ccn4)[nH]c(=O)c3c2)C1. The number of hydrogen-bond acceptors (Lipinski definition) is 5. The van der Waals surface area contributed by atoms with E-state index in [1.54, 1.807) is 30.9 Å². The van der Waals surface area contributed by atoms with E-state index in [1.807, 2.05) is 0 Å². The Kier molecular flexibility index (Phi) is 5.16. The van der Waals surface area contributed by atoms with Crippen LogP contribution in [0.25, 0.3) is 22.4 Å².